The van der Waals surface area contributed by atoms with Crippen LogP contribution in [0.4, 0.5) is 17.6 Å². The normalized spacial score (nSPS) is 20.4. The molecule has 1 amide bonds. The average molecular weight is 371 g/mol. The van der Waals surface area contributed by atoms with Crippen molar-refractivity contribution >= 4 is 11.9 Å². The summed E-state index contributed by atoms with van der Waals surface area (Å²) in [5, 5.41) is 13.0. The number of aliphatic carboxylic acids is 1. The highest BCUT2D eigenvalue weighted by molar-refractivity contribution is 5.93. The summed E-state index contributed by atoms with van der Waals surface area (Å²) in [5.41, 5.74) is -2.64. The Morgan fingerprint density at radius 2 is 1.81 bits per heavy atom. The summed E-state index contributed by atoms with van der Waals surface area (Å²) in [4.78, 5) is 24.4. The molecule has 1 saturated heterocycles. The number of aromatic nitrogens is 2. The maximum Gasteiger partial charge on any atom is 0.406 e. The van der Waals surface area contributed by atoms with Crippen LogP contribution in [-0.4, -0.2) is 50.9 Å². The zero-order valence-corrected chi connectivity index (χ0v) is 13.2. The van der Waals surface area contributed by atoms with Crippen LogP contribution in [0.1, 0.15) is 16.9 Å². The lowest BCUT2D eigenvalue weighted by molar-refractivity contribution is -0.227. The van der Waals surface area contributed by atoms with Crippen molar-refractivity contribution in [3.8, 4) is 5.69 Å². The summed E-state index contributed by atoms with van der Waals surface area (Å²) in [6.45, 7) is -1.30. The summed E-state index contributed by atoms with van der Waals surface area (Å²) < 4.78 is 53.8. The number of hydrogen-bond donors (Lipinski definition) is 1. The molecule has 1 atom stereocenters. The fraction of sp³-hybridized carbons (Fsp3) is 0.312. The Balaban J connectivity index is 1.81. The molecule has 1 fully saturated rings. The zero-order valence-electron chi connectivity index (χ0n) is 13.2. The summed E-state index contributed by atoms with van der Waals surface area (Å²) in [5.74, 6) is -3.25. The SMILES string of the molecule is O=C(c1ccn(-c2ccc(F)cc2)n1)N1CCC(C(=O)O)(C(F)(F)F)C1. The van der Waals surface area contributed by atoms with Crippen molar-refractivity contribution in [2.45, 2.75) is 12.6 Å². The molecule has 10 heteroatoms. The van der Waals surface area contributed by atoms with E-state index in [1.54, 1.807) is 0 Å². The van der Waals surface area contributed by atoms with Gasteiger partial charge in [0.15, 0.2) is 11.1 Å². The van der Waals surface area contributed by atoms with Crippen LogP contribution in [0.3, 0.4) is 0 Å². The van der Waals surface area contributed by atoms with Crippen LogP contribution in [0.5, 0.6) is 0 Å². The van der Waals surface area contributed by atoms with Gasteiger partial charge in [-0.3, -0.25) is 9.59 Å². The second kappa shape index (κ2) is 6.11. The van der Waals surface area contributed by atoms with Gasteiger partial charge < -0.3 is 10.0 Å². The number of hydrogen-bond acceptors (Lipinski definition) is 3. The van der Waals surface area contributed by atoms with Gasteiger partial charge in [0, 0.05) is 19.3 Å². The van der Waals surface area contributed by atoms with Crippen molar-refractivity contribution in [1.29, 1.82) is 0 Å². The van der Waals surface area contributed by atoms with E-state index in [0.29, 0.717) is 5.69 Å². The molecule has 0 aliphatic carbocycles. The number of halogens is 4. The Labute approximate surface area is 144 Å². The number of carboxylic acid groups (broad SMARTS) is 1. The van der Waals surface area contributed by atoms with Crippen LogP contribution in [-0.2, 0) is 4.79 Å². The van der Waals surface area contributed by atoms with Crippen LogP contribution in [0.15, 0.2) is 36.5 Å². The molecule has 1 aromatic carbocycles. The lowest BCUT2D eigenvalue weighted by Crippen LogP contribution is -2.47. The van der Waals surface area contributed by atoms with Gasteiger partial charge in [0.05, 0.1) is 5.69 Å². The maximum atomic E-state index is 13.2. The summed E-state index contributed by atoms with van der Waals surface area (Å²) in [6.07, 6.45) is -4.28. The molecule has 1 unspecified atom stereocenters. The molecule has 138 valence electrons. The lowest BCUT2D eigenvalue weighted by Gasteiger charge is -2.27. The van der Waals surface area contributed by atoms with Gasteiger partial charge in [-0.05, 0) is 36.8 Å². The summed E-state index contributed by atoms with van der Waals surface area (Å²) in [7, 11) is 0. The molecule has 2 heterocycles. The van der Waals surface area contributed by atoms with Crippen LogP contribution < -0.4 is 0 Å². The van der Waals surface area contributed by atoms with Gasteiger partial charge in [-0.1, -0.05) is 0 Å². The van der Waals surface area contributed by atoms with Gasteiger partial charge in [0.25, 0.3) is 5.91 Å². The Morgan fingerprint density at radius 1 is 1.15 bits per heavy atom. The van der Waals surface area contributed by atoms with E-state index >= 15 is 0 Å². The van der Waals surface area contributed by atoms with Crippen molar-refractivity contribution in [3.63, 3.8) is 0 Å². The number of benzene rings is 1. The fourth-order valence-corrected chi connectivity index (χ4v) is 2.85. The van der Waals surface area contributed by atoms with Gasteiger partial charge >= 0.3 is 12.1 Å². The Morgan fingerprint density at radius 3 is 2.35 bits per heavy atom. The Hall–Kier alpha value is -2.91. The molecule has 1 aromatic heterocycles. The number of alkyl halides is 3. The smallest absolute Gasteiger partial charge is 0.406 e. The molecule has 3 rings (SSSR count). The van der Waals surface area contributed by atoms with E-state index in [0.717, 1.165) is 4.90 Å². The zero-order chi connectivity index (χ0) is 19.1. The van der Waals surface area contributed by atoms with Gasteiger partial charge in [-0.15, -0.1) is 0 Å². The first-order valence-corrected chi connectivity index (χ1v) is 7.55. The van der Waals surface area contributed by atoms with Gasteiger partial charge in [-0.25, -0.2) is 9.07 Å². The number of rotatable bonds is 3. The van der Waals surface area contributed by atoms with Crippen LogP contribution in [0.25, 0.3) is 5.69 Å². The monoisotopic (exact) mass is 371 g/mol. The molecule has 6 nitrogen and oxygen atoms in total. The third-order valence-corrected chi connectivity index (χ3v) is 4.41. The maximum absolute atomic E-state index is 13.2. The molecule has 0 saturated carbocycles. The standard InChI is InChI=1S/C16H13F4N3O3/c17-10-1-3-11(4-2-10)23-7-5-12(21-23)13(24)22-8-6-15(9-22,14(25)26)16(18,19)20/h1-5,7H,6,8-9H2,(H,25,26). The second-order valence-electron chi connectivity index (χ2n) is 5.98. The number of likely N-dealkylation sites (tertiary alicyclic amines) is 1. The van der Waals surface area contributed by atoms with Crippen molar-refractivity contribution in [2.75, 3.05) is 13.1 Å². The molecule has 1 aliphatic heterocycles. The first-order chi connectivity index (χ1) is 12.1. The molecular formula is C16H13F4N3O3. The van der Waals surface area contributed by atoms with E-state index < -0.39 is 42.3 Å². The number of nitrogens with zero attached hydrogens (tertiary/aromatic N) is 3. The second-order valence-corrected chi connectivity index (χ2v) is 5.98. The van der Waals surface area contributed by atoms with Crippen molar-refractivity contribution in [3.05, 3.63) is 48.0 Å². The van der Waals surface area contributed by atoms with Gasteiger partial charge in [0.1, 0.15) is 5.82 Å². The topological polar surface area (TPSA) is 75.4 Å². The summed E-state index contributed by atoms with van der Waals surface area (Å²) in [6, 6.07) is 6.55. The minimum absolute atomic E-state index is 0.127. The third-order valence-electron chi connectivity index (χ3n) is 4.41. The van der Waals surface area contributed by atoms with Crippen LogP contribution in [0, 0.1) is 11.2 Å². The van der Waals surface area contributed by atoms with E-state index in [9.17, 15) is 27.2 Å². The highest BCUT2D eigenvalue weighted by Gasteiger charge is 2.64. The quantitative estimate of drug-likeness (QED) is 0.842. The van der Waals surface area contributed by atoms with Crippen molar-refractivity contribution < 1.29 is 32.3 Å². The highest BCUT2D eigenvalue weighted by atomic mass is 19.4. The molecular weight excluding hydrogens is 358 g/mol. The minimum Gasteiger partial charge on any atom is -0.481 e. The van der Waals surface area contributed by atoms with Gasteiger partial charge in [-0.2, -0.15) is 18.3 Å². The first-order valence-electron chi connectivity index (χ1n) is 7.55. The van der Waals surface area contributed by atoms with Gasteiger partial charge in [0.2, 0.25) is 0 Å². The minimum atomic E-state index is -4.97. The van der Waals surface area contributed by atoms with Crippen molar-refractivity contribution in [2.24, 2.45) is 5.41 Å². The fourth-order valence-electron chi connectivity index (χ4n) is 2.85. The van der Waals surface area contributed by atoms with E-state index in [1.807, 2.05) is 0 Å². The average Bonchev–Trinajstić information content (AvgIpc) is 3.22. The third kappa shape index (κ3) is 2.91. The molecule has 0 bridgehead atoms. The number of carbonyl (C=O) groups excluding carboxylic acids is 1. The molecule has 1 N–H and O–H groups in total. The molecule has 1 aliphatic rings. The molecule has 26 heavy (non-hydrogen) atoms. The molecule has 0 spiro atoms. The highest BCUT2D eigenvalue weighted by Crippen LogP contribution is 2.45. The largest absolute Gasteiger partial charge is 0.481 e. The Bertz CT molecular complexity index is 847. The number of amides is 1. The number of carboxylic acids is 1. The van der Waals surface area contributed by atoms with E-state index in [2.05, 4.69) is 5.10 Å². The van der Waals surface area contributed by atoms with E-state index in [-0.39, 0.29) is 12.2 Å². The van der Waals surface area contributed by atoms with E-state index in [1.165, 1.54) is 41.2 Å². The van der Waals surface area contributed by atoms with Crippen molar-refractivity contribution in [1.82, 2.24) is 14.7 Å². The predicted octanol–water partition coefficient (Wildman–Crippen LogP) is 2.49. The Kier molecular flexibility index (Phi) is 4.21. The van der Waals surface area contributed by atoms with Crippen LogP contribution >= 0.6 is 0 Å². The van der Waals surface area contributed by atoms with E-state index in [4.69, 9.17) is 5.11 Å². The lowest BCUT2D eigenvalue weighted by atomic mass is 9.86. The molecule has 2 aromatic rings. The number of carbonyl (C=O) groups is 2. The predicted molar refractivity (Wildman–Crippen MR) is 80.2 cm³/mol. The van der Waals surface area contributed by atoms with Crippen LogP contribution in [0.2, 0.25) is 0 Å². The summed E-state index contributed by atoms with van der Waals surface area (Å²) >= 11 is 0. The first kappa shape index (κ1) is 17.9. The molecule has 0 radical (unpaired) electrons.